The Labute approximate surface area is 41.4 Å². The molecule has 7 heavy (non-hydrogen) atoms. The molecule has 0 bridgehead atoms. The number of nitrogens with two attached hydrogens (primary N) is 3. The van der Waals surface area contributed by atoms with Crippen LogP contribution in [-0.4, -0.2) is 5.96 Å². The van der Waals surface area contributed by atoms with Crippen molar-refractivity contribution < 1.29 is 0 Å². The highest BCUT2D eigenvalue weighted by Crippen LogP contribution is 1.51. The molecule has 0 unspecified atom stereocenters. The molecule has 0 fully saturated rings. The third-order valence-corrected chi connectivity index (χ3v) is 0.250. The first-order valence-corrected chi connectivity index (χ1v) is 1.56. The summed E-state index contributed by atoms with van der Waals surface area (Å²) in [5, 5.41) is 0. The zero-order valence-electron chi connectivity index (χ0n) is 3.68. The molecule has 0 heterocycles. The van der Waals surface area contributed by atoms with Crippen molar-refractivity contribution in [2.45, 2.75) is 0 Å². The van der Waals surface area contributed by atoms with Gasteiger partial charge in [0.25, 0.3) is 0 Å². The monoisotopic (exact) mass is 98.1 g/mol. The Morgan fingerprint density at radius 1 is 1.43 bits per heavy atom. The Bertz CT molecular complexity index is 122. The van der Waals surface area contributed by atoms with Crippen LogP contribution in [0.5, 0.6) is 0 Å². The van der Waals surface area contributed by atoms with E-state index in [4.69, 9.17) is 17.2 Å². The van der Waals surface area contributed by atoms with Crippen molar-refractivity contribution in [2.24, 2.45) is 22.2 Å². The molecule has 38 valence electrons. The van der Waals surface area contributed by atoms with Crippen molar-refractivity contribution in [1.29, 1.82) is 0 Å². The van der Waals surface area contributed by atoms with Crippen LogP contribution in [0.4, 0.5) is 0 Å². The first-order valence-electron chi connectivity index (χ1n) is 1.56. The molecule has 0 saturated heterocycles. The minimum atomic E-state index is -0.0713. The van der Waals surface area contributed by atoms with Crippen LogP contribution in [0.3, 0.4) is 0 Å². The fourth-order valence-corrected chi connectivity index (χ4v) is 0.0968. The lowest BCUT2D eigenvalue weighted by molar-refractivity contribution is 1.47. The summed E-state index contributed by atoms with van der Waals surface area (Å²) in [5.74, 6) is -0.0713. The van der Waals surface area contributed by atoms with Gasteiger partial charge in [0.15, 0.2) is 5.96 Å². The zero-order valence-corrected chi connectivity index (χ0v) is 3.68. The van der Waals surface area contributed by atoms with E-state index in [1.54, 1.807) is 0 Å². The highest BCUT2D eigenvalue weighted by atomic mass is 15.0. The summed E-state index contributed by atoms with van der Waals surface area (Å²) in [6, 6.07) is 4.11. The Balaban J connectivity index is 3.61. The molecule has 4 nitrogen and oxygen atoms in total. The largest absolute Gasteiger partial charge is 0.369 e. The fraction of sp³-hybridized carbons (Fsp3) is 0. The summed E-state index contributed by atoms with van der Waals surface area (Å²) in [6.07, 6.45) is 0. The lowest BCUT2D eigenvalue weighted by Crippen LogP contribution is -2.21. The number of rotatable bonds is 0. The van der Waals surface area contributed by atoms with E-state index in [1.165, 1.54) is 0 Å². The van der Waals surface area contributed by atoms with Crippen molar-refractivity contribution >= 4 is 5.96 Å². The van der Waals surface area contributed by atoms with Crippen LogP contribution in [0.15, 0.2) is 4.99 Å². The first kappa shape index (κ1) is 5.63. The molecule has 0 aromatic carbocycles. The molecule has 0 aliphatic rings. The molecule has 0 aliphatic carbocycles. The topological polar surface area (TPSA) is 90.4 Å². The Morgan fingerprint density at radius 2 is 2.00 bits per heavy atom. The molecule has 0 rings (SSSR count). The standard InChI is InChI=1S/C3H6N4/c4-1-2-7-3(5)6/h4H2,(H4,5,6,7). The van der Waals surface area contributed by atoms with Gasteiger partial charge in [-0.2, -0.15) is 4.99 Å². The van der Waals surface area contributed by atoms with E-state index in [0.717, 1.165) is 0 Å². The third-order valence-electron chi connectivity index (χ3n) is 0.250. The second kappa shape index (κ2) is 2.85. The molecule has 4 heteroatoms. The van der Waals surface area contributed by atoms with Gasteiger partial charge in [-0.05, 0) is 0 Å². The second-order valence-corrected chi connectivity index (χ2v) is 0.793. The van der Waals surface area contributed by atoms with Gasteiger partial charge >= 0.3 is 0 Å². The minimum absolute atomic E-state index is 0.0713. The average molecular weight is 98.1 g/mol. The molecule has 6 N–H and O–H groups in total. The summed E-state index contributed by atoms with van der Waals surface area (Å²) in [4.78, 5) is 3.23. The Kier molecular flexibility index (Phi) is 2.29. The number of aliphatic imine (C=N–C) groups is 1. The maximum Gasteiger partial charge on any atom is 0.200 e. The van der Waals surface area contributed by atoms with Gasteiger partial charge in [-0.15, -0.1) is 0 Å². The van der Waals surface area contributed by atoms with E-state index in [2.05, 4.69) is 11.0 Å². The van der Waals surface area contributed by atoms with Gasteiger partial charge < -0.3 is 17.2 Å². The van der Waals surface area contributed by atoms with Crippen LogP contribution in [0.1, 0.15) is 0 Å². The first-order chi connectivity index (χ1) is 3.27. The van der Waals surface area contributed by atoms with Crippen LogP contribution in [0.2, 0.25) is 0 Å². The Morgan fingerprint density at radius 3 is 2.14 bits per heavy atom. The Hall–Kier alpha value is -1.37. The average Bonchev–Trinajstić information content (AvgIpc) is 1.61. The number of hydrogen-bond donors (Lipinski definition) is 3. The lowest BCUT2D eigenvalue weighted by Gasteiger charge is -1.76. The van der Waals surface area contributed by atoms with Gasteiger partial charge in [-0.25, -0.2) is 0 Å². The lowest BCUT2D eigenvalue weighted by atomic mass is 11.0. The van der Waals surface area contributed by atoms with E-state index in [0.29, 0.717) is 0 Å². The zero-order chi connectivity index (χ0) is 5.70. The third kappa shape index (κ3) is 4.63. The van der Waals surface area contributed by atoms with E-state index in [-0.39, 0.29) is 5.96 Å². The van der Waals surface area contributed by atoms with Crippen molar-refractivity contribution in [2.75, 3.05) is 0 Å². The van der Waals surface area contributed by atoms with E-state index >= 15 is 0 Å². The van der Waals surface area contributed by atoms with Gasteiger partial charge in [-0.3, -0.25) is 0 Å². The highest BCUT2D eigenvalue weighted by Gasteiger charge is 1.66. The number of hydrogen-bond acceptors (Lipinski definition) is 2. The van der Waals surface area contributed by atoms with Crippen molar-refractivity contribution in [3.8, 4) is 12.1 Å². The van der Waals surface area contributed by atoms with Crippen molar-refractivity contribution in [3.63, 3.8) is 0 Å². The SMILES string of the molecule is NC#CN=C(N)N. The summed E-state index contributed by atoms with van der Waals surface area (Å²) < 4.78 is 0. The van der Waals surface area contributed by atoms with Gasteiger partial charge in [0.1, 0.15) is 0 Å². The van der Waals surface area contributed by atoms with Crippen LogP contribution in [0, 0.1) is 12.1 Å². The molecule has 0 spiro atoms. The van der Waals surface area contributed by atoms with Crippen molar-refractivity contribution in [1.82, 2.24) is 0 Å². The summed E-state index contributed by atoms with van der Waals surface area (Å²) in [5.41, 5.74) is 14.4. The van der Waals surface area contributed by atoms with Gasteiger partial charge in [0.05, 0.1) is 6.04 Å². The van der Waals surface area contributed by atoms with E-state index < -0.39 is 0 Å². The quantitative estimate of drug-likeness (QED) is 0.143. The van der Waals surface area contributed by atoms with E-state index in [9.17, 15) is 0 Å². The van der Waals surface area contributed by atoms with Crippen LogP contribution < -0.4 is 17.2 Å². The van der Waals surface area contributed by atoms with Gasteiger partial charge in [0, 0.05) is 6.04 Å². The van der Waals surface area contributed by atoms with Gasteiger partial charge in [-0.1, -0.05) is 0 Å². The predicted octanol–water partition coefficient (Wildman–Crippen LogP) is -1.86. The second-order valence-electron chi connectivity index (χ2n) is 0.793. The van der Waals surface area contributed by atoms with Crippen LogP contribution in [0.25, 0.3) is 0 Å². The minimum Gasteiger partial charge on any atom is -0.369 e. The van der Waals surface area contributed by atoms with E-state index in [1.807, 2.05) is 6.04 Å². The molecular formula is C3H6N4. The molecule has 0 saturated carbocycles. The number of guanidine groups is 1. The fourth-order valence-electron chi connectivity index (χ4n) is 0.0968. The van der Waals surface area contributed by atoms with Crippen LogP contribution in [-0.2, 0) is 0 Å². The molecule has 0 amide bonds. The molecular weight excluding hydrogens is 92.1 g/mol. The predicted molar refractivity (Wildman–Crippen MR) is 27.8 cm³/mol. The van der Waals surface area contributed by atoms with Crippen LogP contribution >= 0.6 is 0 Å². The summed E-state index contributed by atoms with van der Waals surface area (Å²) in [6.45, 7) is 0. The maximum atomic E-state index is 4.85. The van der Waals surface area contributed by atoms with Crippen molar-refractivity contribution in [3.05, 3.63) is 0 Å². The van der Waals surface area contributed by atoms with Gasteiger partial charge in [0.2, 0.25) is 0 Å². The molecule has 0 aromatic heterocycles. The smallest absolute Gasteiger partial charge is 0.200 e. The summed E-state index contributed by atoms with van der Waals surface area (Å²) in [7, 11) is 0. The molecule has 0 aliphatic heterocycles. The summed E-state index contributed by atoms with van der Waals surface area (Å²) >= 11 is 0. The maximum absolute atomic E-state index is 4.85. The molecule has 0 radical (unpaired) electrons. The molecule has 0 aromatic rings. The normalized spacial score (nSPS) is 5.71. The number of nitrogens with zero attached hydrogens (tertiary/aromatic N) is 1. The molecule has 0 atom stereocenters. The highest BCUT2D eigenvalue weighted by molar-refractivity contribution is 5.76.